The Morgan fingerprint density at radius 1 is 1.00 bits per heavy atom. The van der Waals surface area contributed by atoms with Crippen LogP contribution in [0.5, 0.6) is 0 Å². The highest BCUT2D eigenvalue weighted by Gasteiger charge is 2.06. The van der Waals surface area contributed by atoms with Crippen LogP contribution in [-0.4, -0.2) is 7.05 Å². The van der Waals surface area contributed by atoms with E-state index in [1.807, 2.05) is 49.5 Å². The zero-order valence-electron chi connectivity index (χ0n) is 8.82. The van der Waals surface area contributed by atoms with E-state index in [4.69, 9.17) is 11.6 Å². The van der Waals surface area contributed by atoms with Gasteiger partial charge in [-0.15, -0.1) is 0 Å². The average molecular weight is 297 g/mol. The van der Waals surface area contributed by atoms with Gasteiger partial charge in [-0.25, -0.2) is 0 Å². The van der Waals surface area contributed by atoms with Crippen molar-refractivity contribution in [1.82, 2.24) is 0 Å². The summed E-state index contributed by atoms with van der Waals surface area (Å²) in [5, 5.41) is 0.754. The molecular weight excluding hydrogens is 286 g/mol. The Kier molecular flexibility index (Phi) is 3.52. The van der Waals surface area contributed by atoms with Gasteiger partial charge in [0.05, 0.1) is 5.69 Å². The minimum Gasteiger partial charge on any atom is -0.344 e. The summed E-state index contributed by atoms with van der Waals surface area (Å²) in [4.78, 5) is 2.11. The highest BCUT2D eigenvalue weighted by Crippen LogP contribution is 2.30. The molecule has 82 valence electrons. The molecule has 0 aliphatic heterocycles. The highest BCUT2D eigenvalue weighted by atomic mass is 79.9. The molecule has 0 spiro atoms. The lowest BCUT2D eigenvalue weighted by atomic mass is 10.2. The van der Waals surface area contributed by atoms with Crippen LogP contribution in [0.1, 0.15) is 0 Å². The largest absolute Gasteiger partial charge is 0.344 e. The van der Waals surface area contributed by atoms with Gasteiger partial charge in [0, 0.05) is 22.2 Å². The molecule has 0 saturated heterocycles. The van der Waals surface area contributed by atoms with Crippen LogP contribution >= 0.6 is 27.5 Å². The van der Waals surface area contributed by atoms with Crippen molar-refractivity contribution in [2.45, 2.75) is 0 Å². The molecule has 3 heteroatoms. The second-order valence-corrected chi connectivity index (χ2v) is 4.78. The minimum absolute atomic E-state index is 0.754. The molecule has 1 nitrogen and oxygen atoms in total. The molecule has 0 saturated carbocycles. The van der Waals surface area contributed by atoms with Crippen LogP contribution in [0.2, 0.25) is 5.02 Å². The summed E-state index contributed by atoms with van der Waals surface area (Å²) < 4.78 is 1.08. The van der Waals surface area contributed by atoms with Crippen LogP contribution < -0.4 is 4.90 Å². The van der Waals surface area contributed by atoms with Gasteiger partial charge in [0.2, 0.25) is 0 Å². The predicted octanol–water partition coefficient (Wildman–Crippen LogP) is 4.87. The van der Waals surface area contributed by atoms with Crippen molar-refractivity contribution < 1.29 is 0 Å². The van der Waals surface area contributed by atoms with Gasteiger partial charge in [0.15, 0.2) is 0 Å². The minimum atomic E-state index is 0.754. The van der Waals surface area contributed by atoms with Crippen molar-refractivity contribution in [2.24, 2.45) is 0 Å². The molecule has 0 fully saturated rings. The van der Waals surface area contributed by atoms with Gasteiger partial charge in [0.1, 0.15) is 0 Å². The van der Waals surface area contributed by atoms with Crippen molar-refractivity contribution in [3.8, 4) is 0 Å². The van der Waals surface area contributed by atoms with Gasteiger partial charge in [-0.1, -0.05) is 23.7 Å². The standard InChI is InChI=1S/C13H11BrClN/c1-16(11-8-6-10(15)7-9-11)13-5-3-2-4-12(13)14/h2-9H,1H3. The summed E-state index contributed by atoms with van der Waals surface area (Å²) in [5.74, 6) is 0. The van der Waals surface area contributed by atoms with E-state index in [-0.39, 0.29) is 0 Å². The molecule has 0 bridgehead atoms. The molecule has 0 radical (unpaired) electrons. The zero-order valence-corrected chi connectivity index (χ0v) is 11.2. The molecule has 0 aromatic heterocycles. The smallest absolute Gasteiger partial charge is 0.0552 e. The van der Waals surface area contributed by atoms with Crippen LogP contribution in [0.3, 0.4) is 0 Å². The van der Waals surface area contributed by atoms with Crippen LogP contribution in [0.15, 0.2) is 53.0 Å². The SMILES string of the molecule is CN(c1ccc(Cl)cc1)c1ccccc1Br. The number of hydrogen-bond donors (Lipinski definition) is 0. The van der Waals surface area contributed by atoms with E-state index in [1.165, 1.54) is 0 Å². The van der Waals surface area contributed by atoms with Crippen molar-refractivity contribution in [3.05, 3.63) is 58.0 Å². The van der Waals surface area contributed by atoms with E-state index in [2.05, 4.69) is 26.9 Å². The van der Waals surface area contributed by atoms with Crippen LogP contribution in [0.4, 0.5) is 11.4 Å². The highest BCUT2D eigenvalue weighted by molar-refractivity contribution is 9.10. The zero-order chi connectivity index (χ0) is 11.5. The predicted molar refractivity (Wildman–Crippen MR) is 73.7 cm³/mol. The van der Waals surface area contributed by atoms with Crippen LogP contribution in [-0.2, 0) is 0 Å². The Bertz CT molecular complexity index is 482. The maximum Gasteiger partial charge on any atom is 0.0552 e. The van der Waals surface area contributed by atoms with Gasteiger partial charge < -0.3 is 4.90 Å². The second-order valence-electron chi connectivity index (χ2n) is 3.49. The molecule has 0 aliphatic carbocycles. The topological polar surface area (TPSA) is 3.24 Å². The Hall–Kier alpha value is -0.990. The maximum absolute atomic E-state index is 5.87. The monoisotopic (exact) mass is 295 g/mol. The van der Waals surface area contributed by atoms with Crippen molar-refractivity contribution in [1.29, 1.82) is 0 Å². The van der Waals surface area contributed by atoms with Crippen molar-refractivity contribution in [2.75, 3.05) is 11.9 Å². The molecule has 0 unspecified atom stereocenters. The fourth-order valence-electron chi connectivity index (χ4n) is 1.53. The quantitative estimate of drug-likeness (QED) is 0.764. The first-order chi connectivity index (χ1) is 7.68. The number of halogens is 2. The Morgan fingerprint density at radius 2 is 1.62 bits per heavy atom. The third kappa shape index (κ3) is 2.39. The summed E-state index contributed by atoms with van der Waals surface area (Å²) in [6, 6.07) is 15.9. The van der Waals surface area contributed by atoms with Gasteiger partial charge in [-0.3, -0.25) is 0 Å². The van der Waals surface area contributed by atoms with Crippen LogP contribution in [0.25, 0.3) is 0 Å². The normalized spacial score (nSPS) is 10.2. The average Bonchev–Trinajstić information content (AvgIpc) is 2.30. The summed E-state index contributed by atoms with van der Waals surface area (Å²) in [6.45, 7) is 0. The molecular formula is C13H11BrClN. The number of anilines is 2. The number of nitrogens with zero attached hydrogens (tertiary/aromatic N) is 1. The molecule has 0 heterocycles. The summed E-state index contributed by atoms with van der Waals surface area (Å²) in [6.07, 6.45) is 0. The van der Waals surface area contributed by atoms with E-state index in [1.54, 1.807) is 0 Å². The van der Waals surface area contributed by atoms with E-state index in [0.717, 1.165) is 20.9 Å². The van der Waals surface area contributed by atoms with Crippen molar-refractivity contribution in [3.63, 3.8) is 0 Å². The Balaban J connectivity index is 2.35. The molecule has 2 aromatic carbocycles. The lowest BCUT2D eigenvalue weighted by Gasteiger charge is -2.20. The number of rotatable bonds is 2. The molecule has 2 aromatic rings. The first-order valence-electron chi connectivity index (χ1n) is 4.92. The lowest BCUT2D eigenvalue weighted by Crippen LogP contribution is -2.09. The van der Waals surface area contributed by atoms with Crippen LogP contribution in [0, 0.1) is 0 Å². The van der Waals surface area contributed by atoms with Crippen molar-refractivity contribution >= 4 is 38.9 Å². The van der Waals surface area contributed by atoms with E-state index < -0.39 is 0 Å². The lowest BCUT2D eigenvalue weighted by molar-refractivity contribution is 1.20. The number of hydrogen-bond acceptors (Lipinski definition) is 1. The molecule has 0 N–H and O–H groups in total. The summed E-state index contributed by atoms with van der Waals surface area (Å²) in [5.41, 5.74) is 2.24. The summed E-state index contributed by atoms with van der Waals surface area (Å²) in [7, 11) is 2.03. The molecule has 0 aliphatic rings. The fraction of sp³-hybridized carbons (Fsp3) is 0.0769. The third-order valence-electron chi connectivity index (χ3n) is 2.43. The van der Waals surface area contributed by atoms with E-state index in [9.17, 15) is 0 Å². The first-order valence-corrected chi connectivity index (χ1v) is 6.09. The maximum atomic E-state index is 5.87. The van der Waals surface area contributed by atoms with Gasteiger partial charge >= 0.3 is 0 Å². The third-order valence-corrected chi connectivity index (χ3v) is 3.35. The second kappa shape index (κ2) is 4.89. The Labute approximate surface area is 109 Å². The fourth-order valence-corrected chi connectivity index (χ4v) is 2.20. The van der Waals surface area contributed by atoms with E-state index >= 15 is 0 Å². The number of para-hydroxylation sites is 1. The molecule has 0 amide bonds. The first kappa shape index (κ1) is 11.5. The summed E-state index contributed by atoms with van der Waals surface area (Å²) >= 11 is 9.41. The number of benzene rings is 2. The molecule has 2 rings (SSSR count). The Morgan fingerprint density at radius 3 is 2.25 bits per heavy atom. The van der Waals surface area contributed by atoms with Gasteiger partial charge in [-0.05, 0) is 52.3 Å². The van der Waals surface area contributed by atoms with Gasteiger partial charge in [-0.2, -0.15) is 0 Å². The van der Waals surface area contributed by atoms with E-state index in [0.29, 0.717) is 0 Å². The van der Waals surface area contributed by atoms with Gasteiger partial charge in [0.25, 0.3) is 0 Å². The molecule has 16 heavy (non-hydrogen) atoms. The molecule has 0 atom stereocenters.